The van der Waals surface area contributed by atoms with Crippen LogP contribution in [-0.2, 0) is 0 Å². The van der Waals surface area contributed by atoms with Gasteiger partial charge in [-0.25, -0.2) is 4.79 Å². The first-order valence-electron chi connectivity index (χ1n) is 7.78. The average Bonchev–Trinajstić information content (AvgIpc) is 2.83. The molecule has 0 aromatic rings. The first kappa shape index (κ1) is 13.2. The lowest BCUT2D eigenvalue weighted by molar-refractivity contribution is 0.160. The quantitative estimate of drug-likeness (QED) is 0.775. The van der Waals surface area contributed by atoms with Crippen molar-refractivity contribution in [3.63, 3.8) is 0 Å². The minimum absolute atomic E-state index is 0.266. The molecule has 0 aromatic heterocycles. The van der Waals surface area contributed by atoms with Crippen molar-refractivity contribution < 1.29 is 4.79 Å². The van der Waals surface area contributed by atoms with Crippen LogP contribution in [0.4, 0.5) is 4.79 Å². The highest BCUT2D eigenvalue weighted by atomic mass is 16.2. The van der Waals surface area contributed by atoms with E-state index in [2.05, 4.69) is 10.2 Å². The number of nitrogens with zero attached hydrogens (tertiary/aromatic N) is 2. The van der Waals surface area contributed by atoms with Crippen LogP contribution < -0.4 is 11.1 Å². The monoisotopic (exact) mass is 266 g/mol. The van der Waals surface area contributed by atoms with E-state index in [-0.39, 0.29) is 6.03 Å². The van der Waals surface area contributed by atoms with E-state index in [0.29, 0.717) is 12.1 Å². The summed E-state index contributed by atoms with van der Waals surface area (Å²) in [5, 5.41) is 3.86. The van der Waals surface area contributed by atoms with Gasteiger partial charge in [0.2, 0.25) is 0 Å². The average molecular weight is 266 g/mol. The molecule has 3 aliphatic heterocycles. The number of nitrogens with one attached hydrogen (secondary N) is 1. The fraction of sp³-hybridized carbons (Fsp3) is 0.929. The lowest BCUT2D eigenvalue weighted by atomic mass is 9.96. The number of rotatable bonds is 2. The van der Waals surface area contributed by atoms with Crippen LogP contribution in [0.1, 0.15) is 38.5 Å². The molecule has 2 amide bonds. The van der Waals surface area contributed by atoms with Gasteiger partial charge < -0.3 is 16.0 Å². The number of hydrogen-bond acceptors (Lipinski definition) is 3. The number of urea groups is 1. The molecule has 3 heterocycles. The molecule has 3 aliphatic rings. The summed E-state index contributed by atoms with van der Waals surface area (Å²) >= 11 is 0. The van der Waals surface area contributed by atoms with Gasteiger partial charge in [0.1, 0.15) is 0 Å². The molecule has 0 aromatic carbocycles. The van der Waals surface area contributed by atoms with Crippen molar-refractivity contribution in [3.8, 4) is 0 Å². The second kappa shape index (κ2) is 5.67. The van der Waals surface area contributed by atoms with Gasteiger partial charge >= 0.3 is 6.03 Å². The maximum absolute atomic E-state index is 11.1. The zero-order valence-corrected chi connectivity index (χ0v) is 11.7. The molecule has 2 unspecified atom stereocenters. The van der Waals surface area contributed by atoms with Gasteiger partial charge in [0.05, 0.1) is 0 Å². The Morgan fingerprint density at radius 1 is 1.00 bits per heavy atom. The minimum Gasteiger partial charge on any atom is -0.351 e. The Kier molecular flexibility index (Phi) is 3.93. The Labute approximate surface area is 115 Å². The summed E-state index contributed by atoms with van der Waals surface area (Å²) in [6.07, 6.45) is 7.51. The number of nitrogens with two attached hydrogens (primary N) is 1. The molecule has 0 spiro atoms. The zero-order chi connectivity index (χ0) is 13.2. The van der Waals surface area contributed by atoms with Gasteiger partial charge in [0.15, 0.2) is 0 Å². The lowest BCUT2D eigenvalue weighted by Gasteiger charge is -2.37. The number of hydrogen-bond donors (Lipinski definition) is 2. The zero-order valence-electron chi connectivity index (χ0n) is 11.7. The molecule has 3 fully saturated rings. The number of piperidine rings is 2. The second-order valence-corrected chi connectivity index (χ2v) is 6.26. The molecule has 0 aliphatic carbocycles. The van der Waals surface area contributed by atoms with Crippen LogP contribution in [-0.4, -0.2) is 60.1 Å². The normalized spacial score (nSPS) is 33.4. The summed E-state index contributed by atoms with van der Waals surface area (Å²) in [7, 11) is 0. The number of fused-ring (bicyclic) bond motifs is 1. The van der Waals surface area contributed by atoms with E-state index in [0.717, 1.165) is 32.0 Å². The highest BCUT2D eigenvalue weighted by Crippen LogP contribution is 2.28. The summed E-state index contributed by atoms with van der Waals surface area (Å²) in [6, 6.07) is 1.74. The van der Waals surface area contributed by atoms with Gasteiger partial charge in [0, 0.05) is 37.8 Å². The number of amides is 2. The van der Waals surface area contributed by atoms with E-state index in [1.165, 1.54) is 38.8 Å². The summed E-state index contributed by atoms with van der Waals surface area (Å²) in [4.78, 5) is 15.5. The van der Waals surface area contributed by atoms with Gasteiger partial charge in [-0.1, -0.05) is 6.42 Å². The maximum atomic E-state index is 11.1. The van der Waals surface area contributed by atoms with E-state index in [4.69, 9.17) is 5.73 Å². The molecule has 0 bridgehead atoms. The minimum atomic E-state index is -0.266. The summed E-state index contributed by atoms with van der Waals surface area (Å²) in [6.45, 7) is 4.19. The number of likely N-dealkylation sites (tertiary alicyclic amines) is 1. The summed E-state index contributed by atoms with van der Waals surface area (Å²) in [5.74, 6) is 0. The Balaban J connectivity index is 1.48. The molecule has 19 heavy (non-hydrogen) atoms. The van der Waals surface area contributed by atoms with Crippen LogP contribution in [0.15, 0.2) is 0 Å². The molecule has 108 valence electrons. The molecular weight excluding hydrogens is 240 g/mol. The Morgan fingerprint density at radius 3 is 2.53 bits per heavy atom. The molecule has 2 atom stereocenters. The van der Waals surface area contributed by atoms with E-state index in [9.17, 15) is 4.79 Å². The third kappa shape index (κ3) is 2.87. The largest absolute Gasteiger partial charge is 0.351 e. The summed E-state index contributed by atoms with van der Waals surface area (Å²) in [5.41, 5.74) is 5.32. The molecule has 3 N–H and O–H groups in total. The van der Waals surface area contributed by atoms with Gasteiger partial charge in [-0.2, -0.15) is 0 Å². The lowest BCUT2D eigenvalue weighted by Crippen LogP contribution is -2.52. The van der Waals surface area contributed by atoms with Gasteiger partial charge in [0.25, 0.3) is 0 Å². The van der Waals surface area contributed by atoms with Crippen molar-refractivity contribution in [2.24, 2.45) is 5.73 Å². The van der Waals surface area contributed by atoms with Crippen molar-refractivity contribution >= 4 is 6.03 Å². The first-order valence-corrected chi connectivity index (χ1v) is 7.78. The third-order valence-electron chi connectivity index (χ3n) is 5.11. The van der Waals surface area contributed by atoms with Gasteiger partial charge in [-0.05, 0) is 38.6 Å². The van der Waals surface area contributed by atoms with Crippen molar-refractivity contribution in [3.05, 3.63) is 0 Å². The maximum Gasteiger partial charge on any atom is 0.314 e. The molecule has 0 saturated carbocycles. The van der Waals surface area contributed by atoms with Crippen molar-refractivity contribution in [1.29, 1.82) is 0 Å². The van der Waals surface area contributed by atoms with Crippen molar-refractivity contribution in [2.45, 2.75) is 56.7 Å². The highest BCUT2D eigenvalue weighted by molar-refractivity contribution is 5.72. The topological polar surface area (TPSA) is 61.6 Å². The molecule has 3 rings (SSSR count). The smallest absolute Gasteiger partial charge is 0.314 e. The van der Waals surface area contributed by atoms with Crippen LogP contribution in [0, 0.1) is 0 Å². The van der Waals surface area contributed by atoms with Crippen molar-refractivity contribution in [1.82, 2.24) is 15.1 Å². The fourth-order valence-electron chi connectivity index (χ4n) is 4.01. The third-order valence-corrected chi connectivity index (χ3v) is 5.11. The van der Waals surface area contributed by atoms with Crippen LogP contribution in [0.3, 0.4) is 0 Å². The number of carbonyl (C=O) groups excluding carboxylic acids is 1. The van der Waals surface area contributed by atoms with Gasteiger partial charge in [-0.15, -0.1) is 0 Å². The van der Waals surface area contributed by atoms with E-state index in [1.54, 1.807) is 4.90 Å². The number of primary amides is 1. The highest BCUT2D eigenvalue weighted by Gasteiger charge is 2.36. The molecule has 0 radical (unpaired) electrons. The Hall–Kier alpha value is -0.810. The number of carbonyl (C=O) groups is 1. The van der Waals surface area contributed by atoms with E-state index in [1.807, 2.05) is 0 Å². The standard InChI is InChI=1S/C14H26N4O/c15-14(19)18-8-4-11(5-9-18)16-12-6-10-17-7-2-1-3-13(12)17/h11-13,16H,1-10H2,(H2,15,19). The predicted molar refractivity (Wildman–Crippen MR) is 74.9 cm³/mol. The first-order chi connectivity index (χ1) is 9.24. The van der Waals surface area contributed by atoms with Crippen LogP contribution in [0.5, 0.6) is 0 Å². The molecule has 5 heteroatoms. The van der Waals surface area contributed by atoms with Crippen LogP contribution >= 0.6 is 0 Å². The Morgan fingerprint density at radius 2 is 1.79 bits per heavy atom. The fourth-order valence-corrected chi connectivity index (χ4v) is 4.01. The van der Waals surface area contributed by atoms with E-state index >= 15 is 0 Å². The Bertz CT molecular complexity index is 327. The van der Waals surface area contributed by atoms with Crippen LogP contribution in [0.25, 0.3) is 0 Å². The second-order valence-electron chi connectivity index (χ2n) is 6.26. The molecule has 5 nitrogen and oxygen atoms in total. The van der Waals surface area contributed by atoms with Gasteiger partial charge in [-0.3, -0.25) is 4.90 Å². The summed E-state index contributed by atoms with van der Waals surface area (Å²) < 4.78 is 0. The van der Waals surface area contributed by atoms with E-state index < -0.39 is 0 Å². The predicted octanol–water partition coefficient (Wildman–Crippen LogP) is 0.746. The van der Waals surface area contributed by atoms with Crippen LogP contribution in [0.2, 0.25) is 0 Å². The molecular formula is C14H26N4O. The SMILES string of the molecule is NC(=O)N1CCC(NC2CCN3CCCCC23)CC1. The molecule has 3 saturated heterocycles. The van der Waals surface area contributed by atoms with Crippen molar-refractivity contribution in [2.75, 3.05) is 26.2 Å².